The van der Waals surface area contributed by atoms with Gasteiger partial charge in [-0.15, -0.1) is 0 Å². The summed E-state index contributed by atoms with van der Waals surface area (Å²) in [6, 6.07) is 0. The third-order valence-corrected chi connectivity index (χ3v) is 0.289. The monoisotopic (exact) mass is 118 g/mol. The van der Waals surface area contributed by atoms with E-state index in [4.69, 9.17) is 5.73 Å². The number of rotatable bonds is 1. The van der Waals surface area contributed by atoms with Crippen LogP contribution in [0.15, 0.2) is 0 Å². The van der Waals surface area contributed by atoms with Crippen molar-refractivity contribution < 1.29 is 16.8 Å². The molecule has 0 saturated carbocycles. The number of nitrogens with two attached hydrogens (primary N) is 1. The van der Waals surface area contributed by atoms with Gasteiger partial charge in [-0.1, -0.05) is 6.92 Å². The summed E-state index contributed by atoms with van der Waals surface area (Å²) in [7, 11) is 0. The Morgan fingerprint density at radius 3 is 1.80 bits per heavy atom. The van der Waals surface area contributed by atoms with Gasteiger partial charge in [-0.2, -0.15) is 0 Å². The molecule has 2 heteroatoms. The number of hydrogen-bond acceptors (Lipinski definition) is 1. The Kier molecular flexibility index (Phi) is 16.0. The van der Waals surface area contributed by atoms with Gasteiger partial charge >= 0.3 is 0 Å². The molecule has 0 heterocycles. The number of hydrogen-bond donors (Lipinski definition) is 1. The zero-order valence-corrected chi connectivity index (χ0v) is 4.37. The Hall–Kier alpha value is 0.466. The van der Waals surface area contributed by atoms with E-state index in [-0.39, 0.29) is 16.8 Å². The molecule has 0 atom stereocenters. The maximum Gasteiger partial charge on any atom is 0 e. The van der Waals surface area contributed by atoms with Gasteiger partial charge in [0.1, 0.15) is 0 Å². The largest absolute Gasteiger partial charge is 0.330 e. The minimum absolute atomic E-state index is 0. The van der Waals surface area contributed by atoms with Crippen molar-refractivity contribution in [3.05, 3.63) is 0 Å². The van der Waals surface area contributed by atoms with Gasteiger partial charge in [-0.25, -0.2) is 0 Å². The molecular weight excluding hydrogens is 109 g/mol. The molecule has 0 fully saturated rings. The van der Waals surface area contributed by atoms with E-state index in [1.807, 2.05) is 0 Å². The van der Waals surface area contributed by atoms with Gasteiger partial charge < -0.3 is 5.73 Å². The van der Waals surface area contributed by atoms with Crippen molar-refractivity contribution >= 4 is 0 Å². The van der Waals surface area contributed by atoms with Crippen LogP contribution >= 0.6 is 0 Å². The van der Waals surface area contributed by atoms with Crippen LogP contribution in [0.5, 0.6) is 0 Å². The van der Waals surface area contributed by atoms with Crippen LogP contribution in [0.4, 0.5) is 0 Å². The smallest absolute Gasteiger partial charge is 0 e. The van der Waals surface area contributed by atoms with Gasteiger partial charge in [0.15, 0.2) is 0 Å². The summed E-state index contributed by atoms with van der Waals surface area (Å²) >= 11 is 0. The van der Waals surface area contributed by atoms with E-state index in [0.717, 1.165) is 13.0 Å². The zero-order chi connectivity index (χ0) is 3.41. The predicted molar refractivity (Wildman–Crippen MR) is 19.3 cm³/mol. The Labute approximate surface area is 43.1 Å². The Morgan fingerprint density at radius 1 is 1.60 bits per heavy atom. The van der Waals surface area contributed by atoms with Crippen LogP contribution in [0.3, 0.4) is 0 Å². The first-order chi connectivity index (χ1) is 1.91. The Morgan fingerprint density at radius 2 is 1.80 bits per heavy atom. The van der Waals surface area contributed by atoms with Crippen molar-refractivity contribution in [1.82, 2.24) is 0 Å². The predicted octanol–water partition coefficient (Wildman–Crippen LogP) is 0.353. The normalized spacial score (nSPS) is 6.00. The fourth-order valence-corrected chi connectivity index (χ4v) is 0. The van der Waals surface area contributed by atoms with Crippen LogP contribution in [-0.4, -0.2) is 6.54 Å². The van der Waals surface area contributed by atoms with Gasteiger partial charge in [0, 0.05) is 16.8 Å². The second-order valence-electron chi connectivity index (χ2n) is 0.789. The molecule has 0 aliphatic heterocycles. The van der Waals surface area contributed by atoms with Crippen molar-refractivity contribution in [2.75, 3.05) is 6.54 Å². The molecule has 1 radical (unpaired) electrons. The molecule has 0 bridgehead atoms. The van der Waals surface area contributed by atoms with Crippen LogP contribution in [0.2, 0.25) is 0 Å². The van der Waals surface area contributed by atoms with Crippen molar-refractivity contribution in [3.63, 3.8) is 0 Å². The molecule has 0 amide bonds. The van der Waals surface area contributed by atoms with E-state index in [1.165, 1.54) is 0 Å². The molecule has 0 saturated heterocycles. The van der Waals surface area contributed by atoms with Gasteiger partial charge in [-0.05, 0) is 13.0 Å². The molecule has 0 aromatic heterocycles. The molecule has 0 aromatic rings. The third kappa shape index (κ3) is 12.6. The van der Waals surface area contributed by atoms with Crippen molar-refractivity contribution in [2.24, 2.45) is 5.73 Å². The second kappa shape index (κ2) is 8.82. The molecule has 0 rings (SSSR count). The quantitative estimate of drug-likeness (QED) is 0.528. The van der Waals surface area contributed by atoms with E-state index in [2.05, 4.69) is 6.92 Å². The Bertz CT molecular complexity index is 8.85. The van der Waals surface area contributed by atoms with E-state index >= 15 is 0 Å². The van der Waals surface area contributed by atoms with Gasteiger partial charge in [-0.3, -0.25) is 0 Å². The molecule has 0 aromatic carbocycles. The average Bonchev–Trinajstić information content (AvgIpc) is 1.37. The van der Waals surface area contributed by atoms with E-state index in [0.29, 0.717) is 0 Å². The average molecular weight is 118 g/mol. The molecule has 0 spiro atoms. The summed E-state index contributed by atoms with van der Waals surface area (Å²) in [5, 5.41) is 0. The summed E-state index contributed by atoms with van der Waals surface area (Å²) < 4.78 is 0. The summed E-state index contributed by atoms with van der Waals surface area (Å²) in [6.07, 6.45) is 1.10. The van der Waals surface area contributed by atoms with E-state index in [9.17, 15) is 0 Å². The summed E-state index contributed by atoms with van der Waals surface area (Å²) in [6.45, 7) is 2.88. The van der Waals surface area contributed by atoms with Gasteiger partial charge in [0.05, 0.1) is 0 Å². The second-order valence-corrected chi connectivity index (χ2v) is 0.789. The molecule has 5 heavy (non-hydrogen) atoms. The zero-order valence-electron chi connectivity index (χ0n) is 3.32. The summed E-state index contributed by atoms with van der Waals surface area (Å²) in [5.41, 5.74) is 5.03. The van der Waals surface area contributed by atoms with Gasteiger partial charge in [0.2, 0.25) is 0 Å². The first-order valence-corrected chi connectivity index (χ1v) is 1.62. The summed E-state index contributed by atoms with van der Waals surface area (Å²) in [4.78, 5) is 0. The molecular formula is C3H9CoN. The maximum atomic E-state index is 5.03. The fourth-order valence-electron chi connectivity index (χ4n) is 0. The summed E-state index contributed by atoms with van der Waals surface area (Å²) in [5.74, 6) is 0. The van der Waals surface area contributed by atoms with Crippen LogP contribution in [0.1, 0.15) is 13.3 Å². The third-order valence-electron chi connectivity index (χ3n) is 0.289. The first-order valence-electron chi connectivity index (χ1n) is 1.62. The fraction of sp³-hybridized carbons (Fsp3) is 1.00. The van der Waals surface area contributed by atoms with Crippen molar-refractivity contribution in [2.45, 2.75) is 13.3 Å². The van der Waals surface area contributed by atoms with E-state index < -0.39 is 0 Å². The van der Waals surface area contributed by atoms with Crippen molar-refractivity contribution in [1.29, 1.82) is 0 Å². The topological polar surface area (TPSA) is 26.0 Å². The SMILES string of the molecule is CCCN.[Co]. The molecule has 1 nitrogen and oxygen atoms in total. The van der Waals surface area contributed by atoms with Crippen LogP contribution < -0.4 is 5.73 Å². The van der Waals surface area contributed by atoms with Gasteiger partial charge in [0.25, 0.3) is 0 Å². The minimum atomic E-state index is 0. The molecule has 0 unspecified atom stereocenters. The van der Waals surface area contributed by atoms with Crippen LogP contribution in [0.25, 0.3) is 0 Å². The molecule has 2 N–H and O–H groups in total. The molecule has 35 valence electrons. The standard InChI is InChI=1S/C3H9N.Co/c1-2-3-4;/h2-4H2,1H3;. The maximum absolute atomic E-state index is 5.03. The van der Waals surface area contributed by atoms with E-state index in [1.54, 1.807) is 0 Å². The molecule has 0 aliphatic rings. The van der Waals surface area contributed by atoms with Crippen LogP contribution in [-0.2, 0) is 16.8 Å². The van der Waals surface area contributed by atoms with Crippen molar-refractivity contribution in [3.8, 4) is 0 Å². The first kappa shape index (κ1) is 9.08. The molecule has 0 aliphatic carbocycles. The Balaban J connectivity index is 0. The minimum Gasteiger partial charge on any atom is -0.330 e. The van der Waals surface area contributed by atoms with Crippen LogP contribution in [0, 0.1) is 0 Å².